The molecule has 0 atom stereocenters. The van der Waals surface area contributed by atoms with E-state index in [2.05, 4.69) is 10.3 Å². The molecule has 1 fully saturated rings. The van der Waals surface area contributed by atoms with E-state index < -0.39 is 5.67 Å². The van der Waals surface area contributed by atoms with Crippen molar-refractivity contribution >= 4 is 0 Å². The fourth-order valence-electron chi connectivity index (χ4n) is 1.30. The lowest BCUT2D eigenvalue weighted by molar-refractivity contribution is 0.0755. The number of alkyl halides is 1. The minimum atomic E-state index is -1.22. The monoisotopic (exact) mass is 155 g/mol. The lowest BCUT2D eigenvalue weighted by Crippen LogP contribution is -2.54. The maximum atomic E-state index is 13.6. The molecule has 4 heteroatoms. The molecule has 11 heavy (non-hydrogen) atoms. The van der Waals surface area contributed by atoms with Crippen molar-refractivity contribution in [2.24, 2.45) is 7.05 Å². The smallest absolute Gasteiger partial charge is 0.192 e. The fraction of sp³-hybridized carbons (Fsp3) is 0.571. The zero-order chi connectivity index (χ0) is 7.90. The average molecular weight is 155 g/mol. The lowest BCUT2D eigenvalue weighted by Gasteiger charge is -2.33. The van der Waals surface area contributed by atoms with E-state index in [9.17, 15) is 4.39 Å². The lowest BCUT2D eigenvalue weighted by atomic mass is 9.99. The van der Waals surface area contributed by atoms with Gasteiger partial charge in [0.15, 0.2) is 5.67 Å². The van der Waals surface area contributed by atoms with Crippen LogP contribution in [0.4, 0.5) is 4.39 Å². The number of nitrogens with one attached hydrogen (secondary N) is 1. The third-order valence-corrected chi connectivity index (χ3v) is 2.03. The van der Waals surface area contributed by atoms with Crippen molar-refractivity contribution < 1.29 is 4.39 Å². The van der Waals surface area contributed by atoms with E-state index in [0.717, 1.165) is 0 Å². The molecule has 0 saturated carbocycles. The summed E-state index contributed by atoms with van der Waals surface area (Å²) in [6, 6.07) is 0. The van der Waals surface area contributed by atoms with Crippen molar-refractivity contribution in [2.75, 3.05) is 13.1 Å². The van der Waals surface area contributed by atoms with Crippen LogP contribution in [-0.2, 0) is 12.7 Å². The number of halogens is 1. The zero-order valence-electron chi connectivity index (χ0n) is 6.34. The van der Waals surface area contributed by atoms with E-state index >= 15 is 0 Å². The van der Waals surface area contributed by atoms with Crippen LogP contribution in [0, 0.1) is 0 Å². The van der Waals surface area contributed by atoms with Gasteiger partial charge in [0.2, 0.25) is 0 Å². The quantitative estimate of drug-likeness (QED) is 0.627. The zero-order valence-corrected chi connectivity index (χ0v) is 6.34. The number of hydrogen-bond donors (Lipinski definition) is 1. The molecule has 0 amide bonds. The Morgan fingerprint density at radius 2 is 2.45 bits per heavy atom. The second kappa shape index (κ2) is 2.04. The van der Waals surface area contributed by atoms with Gasteiger partial charge in [-0.05, 0) is 0 Å². The minimum absolute atomic E-state index is 0.387. The van der Waals surface area contributed by atoms with Gasteiger partial charge in [0.1, 0.15) is 5.82 Å². The summed E-state index contributed by atoms with van der Waals surface area (Å²) in [7, 11) is 1.81. The van der Waals surface area contributed by atoms with E-state index in [-0.39, 0.29) is 0 Å². The van der Waals surface area contributed by atoms with Crippen LogP contribution in [0.1, 0.15) is 5.82 Å². The van der Waals surface area contributed by atoms with Crippen LogP contribution in [-0.4, -0.2) is 22.6 Å². The van der Waals surface area contributed by atoms with Gasteiger partial charge in [-0.15, -0.1) is 0 Å². The van der Waals surface area contributed by atoms with Gasteiger partial charge in [-0.25, -0.2) is 9.37 Å². The molecule has 2 heterocycles. The van der Waals surface area contributed by atoms with Crippen LogP contribution in [0.25, 0.3) is 0 Å². The Morgan fingerprint density at radius 3 is 2.82 bits per heavy atom. The molecule has 1 aromatic heterocycles. The molecule has 1 aliphatic heterocycles. The molecule has 60 valence electrons. The summed E-state index contributed by atoms with van der Waals surface area (Å²) in [4.78, 5) is 3.96. The highest BCUT2D eigenvalue weighted by Gasteiger charge is 2.42. The first-order valence-corrected chi connectivity index (χ1v) is 3.60. The molecule has 2 rings (SSSR count). The van der Waals surface area contributed by atoms with E-state index in [1.165, 1.54) is 0 Å². The third-order valence-electron chi connectivity index (χ3n) is 2.03. The number of aryl methyl sites for hydroxylation is 1. The summed E-state index contributed by atoms with van der Waals surface area (Å²) in [5, 5.41) is 2.89. The molecule has 0 aliphatic carbocycles. The molecular weight excluding hydrogens is 145 g/mol. The molecule has 0 unspecified atom stereocenters. The molecule has 0 spiro atoms. The maximum Gasteiger partial charge on any atom is 0.192 e. The topological polar surface area (TPSA) is 29.9 Å². The van der Waals surface area contributed by atoms with E-state index in [1.54, 1.807) is 17.0 Å². The third kappa shape index (κ3) is 0.860. The van der Waals surface area contributed by atoms with Crippen molar-refractivity contribution in [1.82, 2.24) is 14.9 Å². The summed E-state index contributed by atoms with van der Waals surface area (Å²) in [5.41, 5.74) is -1.22. The van der Waals surface area contributed by atoms with Crippen molar-refractivity contribution in [3.8, 4) is 0 Å². The highest BCUT2D eigenvalue weighted by molar-refractivity contribution is 5.11. The molecule has 0 radical (unpaired) electrons. The number of aromatic nitrogens is 2. The largest absolute Gasteiger partial charge is 0.335 e. The minimum Gasteiger partial charge on any atom is -0.335 e. The van der Waals surface area contributed by atoms with Gasteiger partial charge in [0.05, 0.1) is 0 Å². The van der Waals surface area contributed by atoms with Crippen LogP contribution in [0.3, 0.4) is 0 Å². The molecule has 1 N–H and O–H groups in total. The molecular formula is C7H10FN3. The highest BCUT2D eigenvalue weighted by Crippen LogP contribution is 2.27. The first kappa shape index (κ1) is 6.79. The molecule has 3 nitrogen and oxygen atoms in total. The first-order valence-electron chi connectivity index (χ1n) is 3.60. The number of imidazole rings is 1. The maximum absolute atomic E-state index is 13.6. The summed E-state index contributed by atoms with van der Waals surface area (Å²) >= 11 is 0. The fourth-order valence-corrected chi connectivity index (χ4v) is 1.30. The molecule has 0 bridgehead atoms. The van der Waals surface area contributed by atoms with Gasteiger partial charge in [-0.1, -0.05) is 0 Å². The Bertz CT molecular complexity index is 264. The van der Waals surface area contributed by atoms with Gasteiger partial charge >= 0.3 is 0 Å². The van der Waals surface area contributed by atoms with Crippen LogP contribution in [0.5, 0.6) is 0 Å². The van der Waals surface area contributed by atoms with Crippen molar-refractivity contribution in [2.45, 2.75) is 5.67 Å². The van der Waals surface area contributed by atoms with Gasteiger partial charge in [0, 0.05) is 32.5 Å². The highest BCUT2D eigenvalue weighted by atomic mass is 19.1. The molecule has 0 aromatic carbocycles. The van der Waals surface area contributed by atoms with Crippen molar-refractivity contribution in [3.05, 3.63) is 18.2 Å². The first-order chi connectivity index (χ1) is 5.22. The van der Waals surface area contributed by atoms with Crippen molar-refractivity contribution in [1.29, 1.82) is 0 Å². The van der Waals surface area contributed by atoms with Gasteiger partial charge in [-0.2, -0.15) is 0 Å². The van der Waals surface area contributed by atoms with Crippen LogP contribution in [0.2, 0.25) is 0 Å². The summed E-state index contributed by atoms with van der Waals surface area (Å²) in [6.07, 6.45) is 3.38. The average Bonchev–Trinajstić information content (AvgIpc) is 2.30. The Kier molecular flexibility index (Phi) is 1.26. The molecule has 1 aliphatic rings. The van der Waals surface area contributed by atoms with Gasteiger partial charge < -0.3 is 9.88 Å². The Morgan fingerprint density at radius 1 is 1.73 bits per heavy atom. The van der Waals surface area contributed by atoms with Crippen LogP contribution >= 0.6 is 0 Å². The van der Waals surface area contributed by atoms with Crippen molar-refractivity contribution in [3.63, 3.8) is 0 Å². The predicted molar refractivity (Wildman–Crippen MR) is 38.9 cm³/mol. The normalized spacial score (nSPS) is 21.3. The summed E-state index contributed by atoms with van der Waals surface area (Å²) in [5.74, 6) is 0.524. The van der Waals surface area contributed by atoms with Crippen LogP contribution in [0.15, 0.2) is 12.4 Å². The van der Waals surface area contributed by atoms with Gasteiger partial charge in [0.25, 0.3) is 0 Å². The SMILES string of the molecule is Cn1ccnc1C1(F)CNC1. The Balaban J connectivity index is 2.35. The Labute approximate surface area is 64.2 Å². The summed E-state index contributed by atoms with van der Waals surface area (Å²) in [6.45, 7) is 0.774. The summed E-state index contributed by atoms with van der Waals surface area (Å²) < 4.78 is 15.3. The van der Waals surface area contributed by atoms with E-state index in [0.29, 0.717) is 18.9 Å². The second-order valence-electron chi connectivity index (χ2n) is 2.93. The predicted octanol–water partition coefficient (Wildman–Crippen LogP) is 0.188. The van der Waals surface area contributed by atoms with E-state index in [4.69, 9.17) is 0 Å². The molecule has 1 saturated heterocycles. The molecule has 1 aromatic rings. The van der Waals surface area contributed by atoms with E-state index in [1.807, 2.05) is 7.05 Å². The van der Waals surface area contributed by atoms with Gasteiger partial charge in [-0.3, -0.25) is 0 Å². The standard InChI is InChI=1S/C7H10FN3/c1-11-3-2-10-6(11)7(8)4-9-5-7/h2-3,9H,4-5H2,1H3. The second-order valence-corrected chi connectivity index (χ2v) is 2.93. The number of hydrogen-bond acceptors (Lipinski definition) is 2. The number of rotatable bonds is 1. The Hall–Kier alpha value is -0.900. The van der Waals surface area contributed by atoms with Crippen LogP contribution < -0.4 is 5.32 Å². The number of nitrogens with zero attached hydrogens (tertiary/aromatic N) is 2.